The van der Waals surface area contributed by atoms with E-state index in [-0.39, 0.29) is 36.0 Å². The van der Waals surface area contributed by atoms with Gasteiger partial charge in [-0.1, -0.05) is 6.07 Å². The van der Waals surface area contributed by atoms with Gasteiger partial charge in [-0.25, -0.2) is 27.6 Å². The first kappa shape index (κ1) is 26.6. The van der Waals surface area contributed by atoms with Gasteiger partial charge in [-0.05, 0) is 44.9 Å². The Balaban J connectivity index is 1.58. The van der Waals surface area contributed by atoms with E-state index in [1.54, 1.807) is 26.8 Å². The largest absolute Gasteiger partial charge is 0.528 e. The first-order chi connectivity index (χ1) is 16.5. The fraction of sp³-hybridized carbons (Fsp3) is 0.522. The van der Waals surface area contributed by atoms with Crippen LogP contribution in [0.1, 0.15) is 37.8 Å². The van der Waals surface area contributed by atoms with Crippen LogP contribution in [0.3, 0.4) is 0 Å². The normalized spacial score (nSPS) is 15.1. The number of hydrogen-bond donors (Lipinski definition) is 0. The molecule has 0 N–H and O–H groups in total. The van der Waals surface area contributed by atoms with Gasteiger partial charge in [0.15, 0.2) is 11.6 Å². The third-order valence-corrected chi connectivity index (χ3v) is 6.12. The molecule has 35 heavy (non-hydrogen) atoms. The highest BCUT2D eigenvalue weighted by molar-refractivity contribution is 7.90. The Morgan fingerprint density at radius 1 is 1.20 bits per heavy atom. The number of rotatable bonds is 9. The molecule has 2 heterocycles. The second-order valence-electron chi connectivity index (χ2n) is 8.61. The Labute approximate surface area is 204 Å². The quantitative estimate of drug-likeness (QED) is 0.462. The summed E-state index contributed by atoms with van der Waals surface area (Å²) in [7, 11) is -3.14. The molecule has 1 aliphatic heterocycles. The van der Waals surface area contributed by atoms with Crippen LogP contribution in [0.15, 0.2) is 24.5 Å². The lowest BCUT2D eigenvalue weighted by Crippen LogP contribution is -2.40. The standard InChI is InChI=1S/C23H30FN3O7S/c1-15(2)31-23(28)34-27-10-7-18(8-11-27)32-21-16(3)22(26-14-25-21)33-20-6-5-17(13-19(20)24)9-12-35(4,29)30/h5-6,13-15,18H,7-12H2,1-4H3. The molecule has 0 aliphatic carbocycles. The molecule has 192 valence electrons. The van der Waals surface area contributed by atoms with Crippen LogP contribution < -0.4 is 9.47 Å². The van der Waals surface area contributed by atoms with Crippen LogP contribution in [0.5, 0.6) is 17.5 Å². The lowest BCUT2D eigenvalue weighted by Gasteiger charge is -2.30. The van der Waals surface area contributed by atoms with Gasteiger partial charge in [0.2, 0.25) is 11.8 Å². The first-order valence-electron chi connectivity index (χ1n) is 11.3. The molecule has 1 aromatic heterocycles. The zero-order valence-electron chi connectivity index (χ0n) is 20.2. The van der Waals surface area contributed by atoms with Gasteiger partial charge in [-0.3, -0.25) is 0 Å². The number of halogens is 1. The molecule has 1 aromatic carbocycles. The number of ether oxygens (including phenoxy) is 3. The number of aryl methyl sites for hydroxylation is 1. The third kappa shape index (κ3) is 8.32. The Morgan fingerprint density at radius 3 is 2.51 bits per heavy atom. The molecule has 0 unspecified atom stereocenters. The van der Waals surface area contributed by atoms with E-state index in [4.69, 9.17) is 19.0 Å². The summed E-state index contributed by atoms with van der Waals surface area (Å²) in [4.78, 5) is 25.1. The van der Waals surface area contributed by atoms with Crippen molar-refractivity contribution in [2.24, 2.45) is 0 Å². The summed E-state index contributed by atoms with van der Waals surface area (Å²) in [6, 6.07) is 4.31. The van der Waals surface area contributed by atoms with E-state index in [1.807, 2.05) is 0 Å². The summed E-state index contributed by atoms with van der Waals surface area (Å²) in [5.74, 6) is -0.265. The summed E-state index contributed by atoms with van der Waals surface area (Å²) in [6.07, 6.45) is 2.66. The molecular formula is C23H30FN3O7S. The van der Waals surface area contributed by atoms with E-state index < -0.39 is 21.8 Å². The molecule has 10 nitrogen and oxygen atoms in total. The van der Waals surface area contributed by atoms with Crippen molar-refractivity contribution in [3.8, 4) is 17.5 Å². The predicted octanol–water partition coefficient (Wildman–Crippen LogP) is 3.62. The topological polar surface area (TPSA) is 117 Å². The van der Waals surface area contributed by atoms with Crippen molar-refractivity contribution >= 4 is 16.0 Å². The van der Waals surface area contributed by atoms with Crippen LogP contribution in [0.2, 0.25) is 0 Å². The van der Waals surface area contributed by atoms with Crippen molar-refractivity contribution in [1.82, 2.24) is 15.0 Å². The minimum absolute atomic E-state index is 0.0420. The molecule has 1 fully saturated rings. The molecule has 0 saturated carbocycles. The van der Waals surface area contributed by atoms with Crippen LogP contribution in [0.4, 0.5) is 9.18 Å². The maximum Gasteiger partial charge on any atom is 0.528 e. The Bertz CT molecular complexity index is 1140. The van der Waals surface area contributed by atoms with E-state index in [0.29, 0.717) is 42.9 Å². The Hall–Kier alpha value is -2.99. The molecule has 3 rings (SSSR count). The van der Waals surface area contributed by atoms with E-state index in [1.165, 1.54) is 23.5 Å². The molecule has 2 aromatic rings. The van der Waals surface area contributed by atoms with Crippen LogP contribution >= 0.6 is 0 Å². The molecule has 0 atom stereocenters. The average molecular weight is 512 g/mol. The second kappa shape index (κ2) is 11.6. The van der Waals surface area contributed by atoms with E-state index in [0.717, 1.165) is 6.26 Å². The number of carbonyl (C=O) groups is 1. The number of carbonyl (C=O) groups excluding carboxylic acids is 1. The fourth-order valence-electron chi connectivity index (χ4n) is 3.35. The predicted molar refractivity (Wildman–Crippen MR) is 125 cm³/mol. The molecule has 0 spiro atoms. The summed E-state index contributed by atoms with van der Waals surface area (Å²) in [5.41, 5.74) is 1.06. The maximum absolute atomic E-state index is 14.6. The monoisotopic (exact) mass is 511 g/mol. The van der Waals surface area contributed by atoms with Crippen molar-refractivity contribution in [1.29, 1.82) is 0 Å². The van der Waals surface area contributed by atoms with Crippen molar-refractivity contribution in [2.75, 3.05) is 25.1 Å². The highest BCUT2D eigenvalue weighted by Gasteiger charge is 2.25. The number of hydrogen-bond acceptors (Lipinski definition) is 10. The van der Waals surface area contributed by atoms with Crippen molar-refractivity contribution < 1.29 is 36.7 Å². The van der Waals surface area contributed by atoms with Gasteiger partial charge in [0.1, 0.15) is 22.3 Å². The van der Waals surface area contributed by atoms with Gasteiger partial charge in [0.25, 0.3) is 0 Å². The number of benzene rings is 1. The van der Waals surface area contributed by atoms with Gasteiger partial charge >= 0.3 is 6.16 Å². The van der Waals surface area contributed by atoms with Gasteiger partial charge in [-0.2, -0.15) is 0 Å². The lowest BCUT2D eigenvalue weighted by atomic mass is 10.1. The van der Waals surface area contributed by atoms with Gasteiger partial charge in [-0.15, -0.1) is 5.06 Å². The average Bonchev–Trinajstić information content (AvgIpc) is 2.77. The number of nitrogens with zero attached hydrogens (tertiary/aromatic N) is 3. The van der Waals surface area contributed by atoms with Crippen molar-refractivity contribution in [3.05, 3.63) is 41.5 Å². The van der Waals surface area contributed by atoms with E-state index >= 15 is 0 Å². The van der Waals surface area contributed by atoms with Gasteiger partial charge in [0, 0.05) is 32.2 Å². The van der Waals surface area contributed by atoms with Gasteiger partial charge in [0.05, 0.1) is 17.4 Å². The summed E-state index contributed by atoms with van der Waals surface area (Å²) in [5, 5.41) is 1.54. The van der Waals surface area contributed by atoms with Crippen LogP contribution in [0.25, 0.3) is 0 Å². The minimum atomic E-state index is -3.14. The van der Waals surface area contributed by atoms with E-state index in [9.17, 15) is 17.6 Å². The lowest BCUT2D eigenvalue weighted by molar-refractivity contribution is -0.151. The van der Waals surface area contributed by atoms with Crippen molar-refractivity contribution in [3.63, 3.8) is 0 Å². The molecule has 1 saturated heterocycles. The van der Waals surface area contributed by atoms with E-state index in [2.05, 4.69) is 9.97 Å². The zero-order chi connectivity index (χ0) is 25.6. The summed E-state index contributed by atoms with van der Waals surface area (Å²) < 4.78 is 53.9. The van der Waals surface area contributed by atoms with Crippen LogP contribution in [-0.2, 0) is 25.8 Å². The number of piperidine rings is 1. The van der Waals surface area contributed by atoms with Crippen LogP contribution in [0, 0.1) is 12.7 Å². The summed E-state index contributed by atoms with van der Waals surface area (Å²) in [6.45, 7) is 6.15. The molecule has 0 amide bonds. The Morgan fingerprint density at radius 2 is 1.89 bits per heavy atom. The molecule has 1 aliphatic rings. The SMILES string of the molecule is Cc1c(Oc2ccc(CCS(C)(=O)=O)cc2F)ncnc1OC1CCN(OC(=O)OC(C)C)CC1. The minimum Gasteiger partial charge on any atom is -0.474 e. The molecule has 0 radical (unpaired) electrons. The maximum atomic E-state index is 14.6. The van der Waals surface area contributed by atoms with Crippen molar-refractivity contribution in [2.45, 2.75) is 52.2 Å². The zero-order valence-corrected chi connectivity index (χ0v) is 21.0. The molecular weight excluding hydrogens is 481 g/mol. The highest BCUT2D eigenvalue weighted by atomic mass is 32.2. The molecule has 12 heteroatoms. The van der Waals surface area contributed by atoms with Crippen LogP contribution in [-0.4, -0.2) is 66.9 Å². The number of hydroxylamine groups is 2. The highest BCUT2D eigenvalue weighted by Crippen LogP contribution is 2.30. The second-order valence-corrected chi connectivity index (χ2v) is 10.9. The Kier molecular flexibility index (Phi) is 8.84. The first-order valence-corrected chi connectivity index (χ1v) is 13.3. The van der Waals surface area contributed by atoms with Gasteiger partial charge < -0.3 is 19.0 Å². The smallest absolute Gasteiger partial charge is 0.474 e. The molecule has 0 bridgehead atoms. The number of sulfone groups is 1. The number of aromatic nitrogens is 2. The summed E-state index contributed by atoms with van der Waals surface area (Å²) >= 11 is 0. The fourth-order valence-corrected chi connectivity index (χ4v) is 3.96. The third-order valence-electron chi connectivity index (χ3n) is 5.17.